The fourth-order valence-corrected chi connectivity index (χ4v) is 3.59. The number of para-hydroxylation sites is 2. The van der Waals surface area contributed by atoms with Crippen molar-refractivity contribution < 1.29 is 14.3 Å². The highest BCUT2D eigenvalue weighted by atomic mass is 16.5. The van der Waals surface area contributed by atoms with Crippen LogP contribution in [0.15, 0.2) is 42.6 Å². The Morgan fingerprint density at radius 1 is 1.11 bits per heavy atom. The Balaban J connectivity index is 1.63. The van der Waals surface area contributed by atoms with E-state index in [4.69, 9.17) is 4.74 Å². The maximum absolute atomic E-state index is 12.4. The second kappa shape index (κ2) is 9.41. The maximum atomic E-state index is 12.4. The summed E-state index contributed by atoms with van der Waals surface area (Å²) in [5.74, 6) is -0.797. The number of ether oxygens (including phenoxy) is 1. The van der Waals surface area contributed by atoms with Gasteiger partial charge >= 0.3 is 11.8 Å². The van der Waals surface area contributed by atoms with Gasteiger partial charge in [0.05, 0.1) is 18.3 Å². The number of hydrogen-bond acceptors (Lipinski definition) is 4. The zero-order valence-corrected chi connectivity index (χ0v) is 16.5. The number of aromatic nitrogens is 1. The average molecular weight is 384 g/mol. The van der Waals surface area contributed by atoms with Crippen LogP contribution in [-0.2, 0) is 16.6 Å². The fraction of sp³-hybridized carbons (Fsp3) is 0.429. The lowest BCUT2D eigenvalue weighted by atomic mass is 10.1. The van der Waals surface area contributed by atoms with E-state index >= 15 is 0 Å². The topological polar surface area (TPSA) is 75.6 Å². The van der Waals surface area contributed by atoms with Crippen LogP contribution in [0.25, 0.3) is 0 Å². The molecule has 0 aliphatic carbocycles. The Hall–Kier alpha value is -2.80. The zero-order valence-electron chi connectivity index (χ0n) is 16.5. The van der Waals surface area contributed by atoms with E-state index in [1.165, 1.54) is 0 Å². The van der Waals surface area contributed by atoms with Crippen molar-refractivity contribution in [3.8, 4) is 5.75 Å². The van der Waals surface area contributed by atoms with Gasteiger partial charge in [0.15, 0.2) is 0 Å². The van der Waals surface area contributed by atoms with Crippen molar-refractivity contribution in [2.24, 2.45) is 7.05 Å². The predicted molar refractivity (Wildman–Crippen MR) is 108 cm³/mol. The molecule has 1 fully saturated rings. The SMILES string of the molecule is CCOc1ccccc1NC(=O)C(=O)NCC(c1cccn1C)N1CCCC1. The van der Waals surface area contributed by atoms with Crippen LogP contribution in [0.5, 0.6) is 5.75 Å². The largest absolute Gasteiger partial charge is 0.492 e. The average Bonchev–Trinajstić information content (AvgIpc) is 3.36. The molecule has 1 aromatic heterocycles. The van der Waals surface area contributed by atoms with Gasteiger partial charge in [-0.3, -0.25) is 14.5 Å². The minimum atomic E-state index is -0.695. The predicted octanol–water partition coefficient (Wildman–Crippen LogP) is 2.32. The van der Waals surface area contributed by atoms with Crippen molar-refractivity contribution in [1.29, 1.82) is 0 Å². The minimum Gasteiger partial charge on any atom is -0.492 e. The molecule has 0 radical (unpaired) electrons. The highest BCUT2D eigenvalue weighted by Gasteiger charge is 2.26. The molecule has 2 aromatic rings. The van der Waals surface area contributed by atoms with E-state index in [9.17, 15) is 9.59 Å². The van der Waals surface area contributed by atoms with Gasteiger partial charge in [0.25, 0.3) is 0 Å². The van der Waals surface area contributed by atoms with Crippen molar-refractivity contribution in [2.45, 2.75) is 25.8 Å². The Bertz CT molecular complexity index is 811. The standard InChI is InChI=1S/C21H28N4O3/c1-3-28-19-11-5-4-9-16(19)23-21(27)20(26)22-15-18(25-13-6-7-14-25)17-10-8-12-24(17)2/h4-5,8-12,18H,3,6-7,13-15H2,1-2H3,(H,22,26)(H,23,27). The van der Waals surface area contributed by atoms with Crippen molar-refractivity contribution in [3.05, 3.63) is 48.3 Å². The van der Waals surface area contributed by atoms with E-state index in [1.807, 2.05) is 32.3 Å². The van der Waals surface area contributed by atoms with Gasteiger partial charge in [0.1, 0.15) is 5.75 Å². The van der Waals surface area contributed by atoms with Gasteiger partial charge in [-0.05, 0) is 57.1 Å². The molecule has 2 N–H and O–H groups in total. The van der Waals surface area contributed by atoms with E-state index < -0.39 is 11.8 Å². The third-order valence-corrected chi connectivity index (χ3v) is 5.00. The molecule has 1 atom stereocenters. The first-order valence-corrected chi connectivity index (χ1v) is 9.76. The third kappa shape index (κ3) is 4.72. The molecule has 1 aromatic carbocycles. The van der Waals surface area contributed by atoms with Crippen LogP contribution < -0.4 is 15.4 Å². The molecule has 7 heteroatoms. The van der Waals surface area contributed by atoms with E-state index in [0.29, 0.717) is 24.6 Å². The minimum absolute atomic E-state index is 0.0509. The summed E-state index contributed by atoms with van der Waals surface area (Å²) >= 11 is 0. The first-order valence-electron chi connectivity index (χ1n) is 9.76. The number of nitrogens with one attached hydrogen (secondary N) is 2. The molecule has 0 saturated carbocycles. The lowest BCUT2D eigenvalue weighted by Crippen LogP contribution is -2.41. The molecule has 2 heterocycles. The number of carbonyl (C=O) groups excluding carboxylic acids is 2. The Kier molecular flexibility index (Phi) is 6.71. The molecule has 28 heavy (non-hydrogen) atoms. The Labute approximate surface area is 165 Å². The molecule has 1 aliphatic heterocycles. The van der Waals surface area contributed by atoms with Crippen LogP contribution in [0.4, 0.5) is 5.69 Å². The van der Waals surface area contributed by atoms with Gasteiger partial charge < -0.3 is 19.9 Å². The molecule has 150 valence electrons. The van der Waals surface area contributed by atoms with Gasteiger partial charge in [-0.15, -0.1) is 0 Å². The van der Waals surface area contributed by atoms with Crippen molar-refractivity contribution in [2.75, 3.05) is 31.6 Å². The van der Waals surface area contributed by atoms with E-state index in [2.05, 4.69) is 26.2 Å². The molecule has 1 aliphatic rings. The lowest BCUT2D eigenvalue weighted by molar-refractivity contribution is -0.136. The van der Waals surface area contributed by atoms with Gasteiger partial charge in [0.2, 0.25) is 0 Å². The van der Waals surface area contributed by atoms with Crippen LogP contribution in [0.1, 0.15) is 31.5 Å². The first-order chi connectivity index (χ1) is 13.6. The molecule has 3 rings (SSSR count). The maximum Gasteiger partial charge on any atom is 0.313 e. The molecular formula is C21H28N4O3. The third-order valence-electron chi connectivity index (χ3n) is 5.00. The number of carbonyl (C=O) groups is 2. The first kappa shape index (κ1) is 19.9. The molecule has 0 spiro atoms. The second-order valence-corrected chi connectivity index (χ2v) is 6.90. The quantitative estimate of drug-likeness (QED) is 0.719. The highest BCUT2D eigenvalue weighted by Crippen LogP contribution is 2.25. The lowest BCUT2D eigenvalue weighted by Gasteiger charge is -2.28. The molecule has 1 unspecified atom stereocenters. The van der Waals surface area contributed by atoms with Crippen molar-refractivity contribution in [3.63, 3.8) is 0 Å². The smallest absolute Gasteiger partial charge is 0.313 e. The summed E-state index contributed by atoms with van der Waals surface area (Å²) in [5.41, 5.74) is 1.62. The Morgan fingerprint density at radius 3 is 2.54 bits per heavy atom. The normalized spacial score (nSPS) is 15.2. The van der Waals surface area contributed by atoms with Crippen molar-refractivity contribution >= 4 is 17.5 Å². The summed E-state index contributed by atoms with van der Waals surface area (Å²) < 4.78 is 7.55. The second-order valence-electron chi connectivity index (χ2n) is 6.90. The molecule has 1 saturated heterocycles. The highest BCUT2D eigenvalue weighted by molar-refractivity contribution is 6.39. The number of likely N-dealkylation sites (tertiary alicyclic amines) is 1. The van der Waals surface area contributed by atoms with Crippen LogP contribution in [-0.4, -0.2) is 47.5 Å². The Morgan fingerprint density at radius 2 is 1.86 bits per heavy atom. The summed E-state index contributed by atoms with van der Waals surface area (Å²) in [7, 11) is 2.00. The van der Waals surface area contributed by atoms with Gasteiger partial charge in [-0.25, -0.2) is 0 Å². The van der Waals surface area contributed by atoms with Crippen LogP contribution in [0.2, 0.25) is 0 Å². The van der Waals surface area contributed by atoms with Gasteiger partial charge in [0, 0.05) is 25.5 Å². The number of aryl methyl sites for hydroxylation is 1. The number of benzene rings is 1. The van der Waals surface area contributed by atoms with E-state index in [0.717, 1.165) is 31.6 Å². The summed E-state index contributed by atoms with van der Waals surface area (Å²) in [6.45, 7) is 4.73. The summed E-state index contributed by atoms with van der Waals surface area (Å²) in [6.07, 6.45) is 4.31. The zero-order chi connectivity index (χ0) is 19.9. The number of amides is 2. The van der Waals surface area contributed by atoms with E-state index in [1.54, 1.807) is 18.2 Å². The van der Waals surface area contributed by atoms with Crippen molar-refractivity contribution in [1.82, 2.24) is 14.8 Å². The summed E-state index contributed by atoms with van der Waals surface area (Å²) in [4.78, 5) is 27.1. The monoisotopic (exact) mass is 384 g/mol. The number of hydrogen-bond donors (Lipinski definition) is 2. The van der Waals surface area contributed by atoms with Crippen LogP contribution in [0, 0.1) is 0 Å². The fourth-order valence-electron chi connectivity index (χ4n) is 3.59. The van der Waals surface area contributed by atoms with Crippen LogP contribution >= 0.6 is 0 Å². The van der Waals surface area contributed by atoms with Gasteiger partial charge in [-0.1, -0.05) is 12.1 Å². The van der Waals surface area contributed by atoms with Crippen LogP contribution in [0.3, 0.4) is 0 Å². The molecular weight excluding hydrogens is 356 g/mol. The molecule has 0 bridgehead atoms. The summed E-state index contributed by atoms with van der Waals surface area (Å²) in [6, 6.07) is 11.2. The van der Waals surface area contributed by atoms with Gasteiger partial charge in [-0.2, -0.15) is 0 Å². The molecule has 2 amide bonds. The number of anilines is 1. The number of nitrogens with zero attached hydrogens (tertiary/aromatic N) is 2. The summed E-state index contributed by atoms with van der Waals surface area (Å²) in [5, 5.41) is 5.44. The molecule has 7 nitrogen and oxygen atoms in total. The van der Waals surface area contributed by atoms with E-state index in [-0.39, 0.29) is 6.04 Å². The number of rotatable bonds is 7.